The molecule has 0 aliphatic carbocycles. The number of rotatable bonds is 4. The lowest BCUT2D eigenvalue weighted by molar-refractivity contribution is 0.443. The van der Waals surface area contributed by atoms with E-state index in [9.17, 15) is 0 Å². The minimum absolute atomic E-state index is 0.183. The molecule has 0 fully saturated rings. The molecule has 0 aliphatic rings. The van der Waals surface area contributed by atoms with Crippen molar-refractivity contribution in [1.82, 2.24) is 15.0 Å². The summed E-state index contributed by atoms with van der Waals surface area (Å²) in [7, 11) is 0. The van der Waals surface area contributed by atoms with Crippen LogP contribution in [0.1, 0.15) is 43.6 Å². The van der Waals surface area contributed by atoms with Crippen LogP contribution in [0.15, 0.2) is 18.5 Å². The van der Waals surface area contributed by atoms with Gasteiger partial charge in [-0.25, -0.2) is 9.97 Å². The summed E-state index contributed by atoms with van der Waals surface area (Å²) in [6.07, 6.45) is 2.21. The maximum Gasteiger partial charge on any atom is 0.227 e. The normalized spacial score (nSPS) is 10.9. The average molecular weight is 292 g/mol. The van der Waals surface area contributed by atoms with Crippen molar-refractivity contribution < 1.29 is 4.74 Å². The van der Waals surface area contributed by atoms with Gasteiger partial charge in [-0.15, -0.1) is 0 Å². The number of aromatic nitrogens is 3. The summed E-state index contributed by atoms with van der Waals surface area (Å²) in [5, 5.41) is 0.433. The Bertz CT molecular complexity index is 614. The third kappa shape index (κ3) is 3.07. The highest BCUT2D eigenvalue weighted by molar-refractivity contribution is 6.30. The van der Waals surface area contributed by atoms with Crippen molar-refractivity contribution in [3.63, 3.8) is 0 Å². The minimum Gasteiger partial charge on any atom is -0.437 e. The maximum absolute atomic E-state index is 6.14. The molecule has 0 unspecified atom stereocenters. The van der Waals surface area contributed by atoms with Gasteiger partial charge in [-0.05, 0) is 31.4 Å². The summed E-state index contributed by atoms with van der Waals surface area (Å²) >= 11 is 6.14. The first-order valence-corrected chi connectivity index (χ1v) is 7.05. The highest BCUT2D eigenvalue weighted by Gasteiger charge is 2.16. The van der Waals surface area contributed by atoms with Crippen LogP contribution in [0.5, 0.6) is 11.6 Å². The zero-order valence-corrected chi connectivity index (χ0v) is 12.9. The number of hydrogen-bond acceptors (Lipinski definition) is 4. The molecule has 0 amide bonds. The fourth-order valence-electron chi connectivity index (χ4n) is 1.97. The summed E-state index contributed by atoms with van der Waals surface area (Å²) in [4.78, 5) is 12.7. The quantitative estimate of drug-likeness (QED) is 0.788. The summed E-state index contributed by atoms with van der Waals surface area (Å²) in [5.74, 6) is 1.40. The van der Waals surface area contributed by atoms with Crippen LogP contribution in [-0.4, -0.2) is 15.0 Å². The molecule has 0 saturated heterocycles. The first-order valence-electron chi connectivity index (χ1n) is 6.67. The fourth-order valence-corrected chi connectivity index (χ4v) is 2.32. The van der Waals surface area contributed by atoms with E-state index in [0.717, 1.165) is 29.1 Å². The SMILES string of the molecule is CCc1nc(C)ccc1Oc1ncnc(Cl)c1C(C)C. The summed E-state index contributed by atoms with van der Waals surface area (Å²) in [5.41, 5.74) is 2.70. The number of hydrogen-bond donors (Lipinski definition) is 0. The van der Waals surface area contributed by atoms with Crippen LogP contribution >= 0.6 is 11.6 Å². The van der Waals surface area contributed by atoms with Crippen LogP contribution in [0.2, 0.25) is 5.15 Å². The monoisotopic (exact) mass is 291 g/mol. The molecule has 20 heavy (non-hydrogen) atoms. The molecule has 0 spiro atoms. The van der Waals surface area contributed by atoms with Crippen molar-refractivity contribution in [3.8, 4) is 11.6 Å². The molecule has 0 bridgehead atoms. The molecule has 2 aromatic heterocycles. The van der Waals surface area contributed by atoms with E-state index in [2.05, 4.69) is 15.0 Å². The van der Waals surface area contributed by atoms with E-state index in [4.69, 9.17) is 16.3 Å². The van der Waals surface area contributed by atoms with E-state index in [1.807, 2.05) is 39.8 Å². The fraction of sp³-hybridized carbons (Fsp3) is 0.400. The smallest absolute Gasteiger partial charge is 0.227 e. The Hall–Kier alpha value is -1.68. The number of halogens is 1. The molecule has 0 radical (unpaired) electrons. The standard InChI is InChI=1S/C15H18ClN3O/c1-5-11-12(7-6-10(4)19-11)20-15-13(9(2)3)14(16)17-8-18-15/h6-9H,5H2,1-4H3. The molecule has 2 heterocycles. The van der Waals surface area contributed by atoms with Gasteiger partial charge in [0.2, 0.25) is 5.88 Å². The molecule has 106 valence electrons. The van der Waals surface area contributed by atoms with Crippen molar-refractivity contribution in [2.24, 2.45) is 0 Å². The Morgan fingerprint density at radius 1 is 1.25 bits per heavy atom. The van der Waals surface area contributed by atoms with E-state index in [-0.39, 0.29) is 5.92 Å². The molecule has 5 heteroatoms. The highest BCUT2D eigenvalue weighted by atomic mass is 35.5. The van der Waals surface area contributed by atoms with E-state index in [0.29, 0.717) is 11.0 Å². The maximum atomic E-state index is 6.14. The van der Waals surface area contributed by atoms with Gasteiger partial charge in [0.05, 0.1) is 11.3 Å². The van der Waals surface area contributed by atoms with Gasteiger partial charge in [0.25, 0.3) is 0 Å². The van der Waals surface area contributed by atoms with Crippen molar-refractivity contribution in [2.75, 3.05) is 0 Å². The lowest BCUT2D eigenvalue weighted by atomic mass is 10.1. The molecule has 0 atom stereocenters. The molecular formula is C15H18ClN3O. The molecule has 0 saturated carbocycles. The topological polar surface area (TPSA) is 47.9 Å². The summed E-state index contributed by atoms with van der Waals surface area (Å²) in [6.45, 7) is 8.08. The number of aryl methyl sites for hydroxylation is 2. The largest absolute Gasteiger partial charge is 0.437 e. The molecule has 4 nitrogen and oxygen atoms in total. The molecule has 0 aliphatic heterocycles. The number of nitrogens with zero attached hydrogens (tertiary/aromatic N) is 3. The van der Waals surface area contributed by atoms with Crippen LogP contribution < -0.4 is 4.74 Å². The number of pyridine rings is 1. The first kappa shape index (κ1) is 14.7. The van der Waals surface area contributed by atoms with Crippen LogP contribution in [0.4, 0.5) is 0 Å². The van der Waals surface area contributed by atoms with E-state index < -0.39 is 0 Å². The van der Waals surface area contributed by atoms with Crippen LogP contribution in [0.3, 0.4) is 0 Å². The zero-order chi connectivity index (χ0) is 14.7. The van der Waals surface area contributed by atoms with Gasteiger partial charge >= 0.3 is 0 Å². The van der Waals surface area contributed by atoms with Crippen LogP contribution in [0.25, 0.3) is 0 Å². The average Bonchev–Trinajstić information content (AvgIpc) is 2.40. The van der Waals surface area contributed by atoms with E-state index >= 15 is 0 Å². The second-order valence-electron chi connectivity index (χ2n) is 4.89. The molecular weight excluding hydrogens is 274 g/mol. The minimum atomic E-state index is 0.183. The Morgan fingerprint density at radius 3 is 2.65 bits per heavy atom. The molecule has 2 aromatic rings. The van der Waals surface area contributed by atoms with E-state index in [1.54, 1.807) is 0 Å². The van der Waals surface area contributed by atoms with Crippen LogP contribution in [0, 0.1) is 6.92 Å². The van der Waals surface area contributed by atoms with Gasteiger partial charge in [-0.3, -0.25) is 4.98 Å². The highest BCUT2D eigenvalue weighted by Crippen LogP contribution is 2.33. The van der Waals surface area contributed by atoms with Gasteiger partial charge in [-0.2, -0.15) is 0 Å². The Kier molecular flexibility index (Phi) is 4.55. The van der Waals surface area contributed by atoms with Gasteiger partial charge in [0.15, 0.2) is 5.75 Å². The molecule has 0 aromatic carbocycles. The van der Waals surface area contributed by atoms with Gasteiger partial charge in [0.1, 0.15) is 11.5 Å². The predicted octanol–water partition coefficient (Wildman–Crippen LogP) is 4.31. The third-order valence-corrected chi connectivity index (χ3v) is 3.29. The Morgan fingerprint density at radius 2 is 2.00 bits per heavy atom. The van der Waals surface area contributed by atoms with Crippen LogP contribution in [-0.2, 0) is 6.42 Å². The lowest BCUT2D eigenvalue weighted by Gasteiger charge is -2.14. The molecule has 2 rings (SSSR count). The second kappa shape index (κ2) is 6.18. The third-order valence-electron chi connectivity index (χ3n) is 2.99. The predicted molar refractivity (Wildman–Crippen MR) is 79.6 cm³/mol. The van der Waals surface area contributed by atoms with E-state index in [1.165, 1.54) is 6.33 Å². The molecule has 0 N–H and O–H groups in total. The van der Waals surface area contributed by atoms with Gasteiger partial charge < -0.3 is 4.74 Å². The number of ether oxygens (including phenoxy) is 1. The van der Waals surface area contributed by atoms with Crippen molar-refractivity contribution in [1.29, 1.82) is 0 Å². The van der Waals surface area contributed by atoms with Crippen molar-refractivity contribution >= 4 is 11.6 Å². The van der Waals surface area contributed by atoms with Crippen molar-refractivity contribution in [3.05, 3.63) is 40.6 Å². The zero-order valence-electron chi connectivity index (χ0n) is 12.1. The first-order chi connectivity index (χ1) is 9.52. The van der Waals surface area contributed by atoms with Gasteiger partial charge in [-0.1, -0.05) is 32.4 Å². The summed E-state index contributed by atoms with van der Waals surface area (Å²) in [6, 6.07) is 3.84. The second-order valence-corrected chi connectivity index (χ2v) is 5.25. The lowest BCUT2D eigenvalue weighted by Crippen LogP contribution is -2.02. The summed E-state index contributed by atoms with van der Waals surface area (Å²) < 4.78 is 5.93. The Labute approximate surface area is 124 Å². The van der Waals surface area contributed by atoms with Crippen molar-refractivity contribution in [2.45, 2.75) is 40.0 Å². The van der Waals surface area contributed by atoms with Gasteiger partial charge in [0, 0.05) is 5.69 Å². The Balaban J connectivity index is 2.43.